The van der Waals surface area contributed by atoms with Crippen LogP contribution in [0, 0.1) is 0 Å². The van der Waals surface area contributed by atoms with Crippen LogP contribution in [0.2, 0.25) is 0 Å². The number of benzene rings is 2. The van der Waals surface area contributed by atoms with Gasteiger partial charge in [0.25, 0.3) is 5.56 Å². The Labute approximate surface area is 165 Å². The average Bonchev–Trinajstić information content (AvgIpc) is 3.18. The SMILES string of the molecule is O=C(CCn1cnc2ccc(Br)cc2c1=O)N1CCC[C@H]1c1ccccc1. The Balaban J connectivity index is 1.50. The van der Waals surface area contributed by atoms with Gasteiger partial charge in [0, 0.05) is 24.0 Å². The predicted octanol–water partition coefficient (Wildman–Crippen LogP) is 3.91. The van der Waals surface area contributed by atoms with Crippen LogP contribution in [-0.4, -0.2) is 26.9 Å². The minimum absolute atomic E-state index is 0.0857. The van der Waals surface area contributed by atoms with Crippen molar-refractivity contribution in [2.24, 2.45) is 0 Å². The molecule has 1 aliphatic heterocycles. The van der Waals surface area contributed by atoms with Gasteiger partial charge in [-0.05, 0) is 36.6 Å². The topological polar surface area (TPSA) is 55.2 Å². The van der Waals surface area contributed by atoms with Crippen LogP contribution in [0.4, 0.5) is 0 Å². The number of carbonyl (C=O) groups excluding carboxylic acids is 1. The van der Waals surface area contributed by atoms with E-state index in [1.165, 1.54) is 16.5 Å². The molecule has 1 amide bonds. The van der Waals surface area contributed by atoms with Gasteiger partial charge in [0.2, 0.25) is 5.91 Å². The van der Waals surface area contributed by atoms with Crippen LogP contribution in [0.15, 0.2) is 64.1 Å². The summed E-state index contributed by atoms with van der Waals surface area (Å²) in [5.74, 6) is 0.0857. The van der Waals surface area contributed by atoms with Crippen LogP contribution in [0.5, 0.6) is 0 Å². The molecule has 2 aromatic carbocycles. The molecule has 0 radical (unpaired) electrons. The van der Waals surface area contributed by atoms with Crippen molar-refractivity contribution in [2.75, 3.05) is 6.54 Å². The molecule has 1 aromatic heterocycles. The normalized spacial score (nSPS) is 16.8. The summed E-state index contributed by atoms with van der Waals surface area (Å²) < 4.78 is 2.37. The summed E-state index contributed by atoms with van der Waals surface area (Å²) in [4.78, 5) is 31.8. The minimum Gasteiger partial charge on any atom is -0.336 e. The first kappa shape index (κ1) is 17.9. The van der Waals surface area contributed by atoms with E-state index >= 15 is 0 Å². The Kier molecular flexibility index (Phi) is 5.07. The minimum atomic E-state index is -0.116. The third kappa shape index (κ3) is 3.67. The molecule has 0 spiro atoms. The lowest BCUT2D eigenvalue weighted by molar-refractivity contribution is -0.132. The summed E-state index contributed by atoms with van der Waals surface area (Å²) in [5.41, 5.74) is 1.72. The largest absolute Gasteiger partial charge is 0.336 e. The maximum absolute atomic E-state index is 12.8. The van der Waals surface area contributed by atoms with Gasteiger partial charge >= 0.3 is 0 Å². The van der Waals surface area contributed by atoms with Gasteiger partial charge in [-0.1, -0.05) is 46.3 Å². The number of likely N-dealkylation sites (tertiary alicyclic amines) is 1. The lowest BCUT2D eigenvalue weighted by Gasteiger charge is -2.25. The van der Waals surface area contributed by atoms with Crippen molar-refractivity contribution in [1.82, 2.24) is 14.5 Å². The van der Waals surface area contributed by atoms with Crippen LogP contribution >= 0.6 is 15.9 Å². The Hall–Kier alpha value is -2.47. The number of rotatable bonds is 4. The molecule has 0 saturated carbocycles. The maximum Gasteiger partial charge on any atom is 0.261 e. The number of aryl methyl sites for hydroxylation is 1. The highest BCUT2D eigenvalue weighted by molar-refractivity contribution is 9.10. The average molecular weight is 426 g/mol. The summed E-state index contributed by atoms with van der Waals surface area (Å²) in [5, 5.41) is 0.558. The van der Waals surface area contributed by atoms with Gasteiger partial charge in [0.1, 0.15) is 0 Å². The zero-order chi connectivity index (χ0) is 18.8. The number of amides is 1. The third-order valence-electron chi connectivity index (χ3n) is 5.11. The summed E-state index contributed by atoms with van der Waals surface area (Å²) in [6.45, 7) is 1.11. The standard InChI is InChI=1S/C21H20BrN3O2/c22-16-8-9-18-17(13-16)21(27)24(14-23-18)12-10-20(26)25-11-4-7-19(25)15-5-2-1-3-6-15/h1-3,5-6,8-9,13-14,19H,4,7,10-12H2/t19-/m0/s1. The molecule has 2 heterocycles. The molecule has 0 N–H and O–H groups in total. The van der Waals surface area contributed by atoms with Crippen LogP contribution in [-0.2, 0) is 11.3 Å². The molecule has 1 aliphatic rings. The highest BCUT2D eigenvalue weighted by Crippen LogP contribution is 2.32. The molecule has 1 fully saturated rings. The molecule has 6 heteroatoms. The summed E-state index contributed by atoms with van der Waals surface area (Å²) in [6, 6.07) is 15.7. The fraction of sp³-hybridized carbons (Fsp3) is 0.286. The van der Waals surface area contributed by atoms with E-state index in [0.717, 1.165) is 23.9 Å². The molecule has 1 atom stereocenters. The van der Waals surface area contributed by atoms with Crippen molar-refractivity contribution in [1.29, 1.82) is 0 Å². The van der Waals surface area contributed by atoms with Crippen LogP contribution < -0.4 is 5.56 Å². The number of fused-ring (bicyclic) bond motifs is 1. The van der Waals surface area contributed by atoms with Crippen molar-refractivity contribution < 1.29 is 4.79 Å². The van der Waals surface area contributed by atoms with Gasteiger partial charge in [-0.15, -0.1) is 0 Å². The first-order chi connectivity index (χ1) is 13.1. The monoisotopic (exact) mass is 425 g/mol. The van der Waals surface area contributed by atoms with Crippen molar-refractivity contribution >= 4 is 32.7 Å². The van der Waals surface area contributed by atoms with Crippen molar-refractivity contribution in [2.45, 2.75) is 31.8 Å². The fourth-order valence-electron chi connectivity index (χ4n) is 3.74. The van der Waals surface area contributed by atoms with E-state index in [1.54, 1.807) is 6.07 Å². The second kappa shape index (κ2) is 7.64. The third-order valence-corrected chi connectivity index (χ3v) is 5.60. The van der Waals surface area contributed by atoms with Crippen molar-refractivity contribution in [3.8, 4) is 0 Å². The van der Waals surface area contributed by atoms with E-state index in [4.69, 9.17) is 0 Å². The maximum atomic E-state index is 12.8. The second-order valence-electron chi connectivity index (χ2n) is 6.81. The van der Waals surface area contributed by atoms with Crippen molar-refractivity contribution in [3.63, 3.8) is 0 Å². The van der Waals surface area contributed by atoms with E-state index in [9.17, 15) is 9.59 Å². The van der Waals surface area contributed by atoms with Gasteiger partial charge in [-0.25, -0.2) is 4.98 Å². The molecule has 0 aliphatic carbocycles. The Morgan fingerprint density at radius 2 is 2.00 bits per heavy atom. The molecular weight excluding hydrogens is 406 g/mol. The molecule has 5 nitrogen and oxygen atoms in total. The highest BCUT2D eigenvalue weighted by atomic mass is 79.9. The van der Waals surface area contributed by atoms with E-state index in [-0.39, 0.29) is 17.5 Å². The van der Waals surface area contributed by atoms with E-state index in [2.05, 4.69) is 33.0 Å². The van der Waals surface area contributed by atoms with E-state index in [0.29, 0.717) is 23.9 Å². The van der Waals surface area contributed by atoms with E-state index in [1.807, 2.05) is 35.2 Å². The number of carbonyl (C=O) groups is 1. The quantitative estimate of drug-likeness (QED) is 0.636. The number of hydrogen-bond donors (Lipinski definition) is 0. The van der Waals surface area contributed by atoms with Crippen LogP contribution in [0.1, 0.15) is 30.9 Å². The Bertz CT molecular complexity index is 1030. The molecule has 1 saturated heterocycles. The van der Waals surface area contributed by atoms with Gasteiger partial charge in [-0.2, -0.15) is 0 Å². The molecular formula is C21H20BrN3O2. The molecule has 138 valence electrons. The number of aromatic nitrogens is 2. The highest BCUT2D eigenvalue weighted by Gasteiger charge is 2.29. The number of halogens is 1. The van der Waals surface area contributed by atoms with Gasteiger partial charge in [0.15, 0.2) is 0 Å². The summed E-state index contributed by atoms with van der Waals surface area (Å²) in [6.07, 6.45) is 3.83. The summed E-state index contributed by atoms with van der Waals surface area (Å²) >= 11 is 3.39. The van der Waals surface area contributed by atoms with Gasteiger partial charge < -0.3 is 4.90 Å². The predicted molar refractivity (Wildman–Crippen MR) is 108 cm³/mol. The fourth-order valence-corrected chi connectivity index (χ4v) is 4.10. The van der Waals surface area contributed by atoms with Crippen molar-refractivity contribution in [3.05, 3.63) is 75.2 Å². The van der Waals surface area contributed by atoms with Gasteiger partial charge in [-0.3, -0.25) is 14.2 Å². The smallest absolute Gasteiger partial charge is 0.261 e. The Morgan fingerprint density at radius 3 is 2.81 bits per heavy atom. The molecule has 27 heavy (non-hydrogen) atoms. The molecule has 0 unspecified atom stereocenters. The molecule has 3 aromatic rings. The molecule has 4 rings (SSSR count). The summed E-state index contributed by atoms with van der Waals surface area (Å²) in [7, 11) is 0. The Morgan fingerprint density at radius 1 is 1.19 bits per heavy atom. The lowest BCUT2D eigenvalue weighted by Crippen LogP contribution is -2.32. The van der Waals surface area contributed by atoms with E-state index < -0.39 is 0 Å². The van der Waals surface area contributed by atoms with Gasteiger partial charge in [0.05, 0.1) is 23.3 Å². The first-order valence-electron chi connectivity index (χ1n) is 9.12. The second-order valence-corrected chi connectivity index (χ2v) is 7.73. The molecule has 0 bridgehead atoms. The number of nitrogens with zero attached hydrogens (tertiary/aromatic N) is 3. The zero-order valence-electron chi connectivity index (χ0n) is 14.8. The zero-order valence-corrected chi connectivity index (χ0v) is 16.4. The van der Waals surface area contributed by atoms with Crippen LogP contribution in [0.3, 0.4) is 0 Å². The lowest BCUT2D eigenvalue weighted by atomic mass is 10.0. The first-order valence-corrected chi connectivity index (χ1v) is 9.92. The number of hydrogen-bond acceptors (Lipinski definition) is 3. The van der Waals surface area contributed by atoms with Crippen LogP contribution in [0.25, 0.3) is 10.9 Å².